The largest absolute Gasteiger partial charge is 0.444 e. The van der Waals surface area contributed by atoms with Crippen molar-refractivity contribution in [2.75, 3.05) is 13.1 Å². The van der Waals surface area contributed by atoms with Gasteiger partial charge in [0.25, 0.3) is 0 Å². The fourth-order valence-electron chi connectivity index (χ4n) is 2.13. The van der Waals surface area contributed by atoms with Crippen molar-refractivity contribution < 1.29 is 9.53 Å². The number of imidazole rings is 1. The second-order valence-electron chi connectivity index (χ2n) is 6.14. The topological polar surface area (TPSA) is 68.2 Å². The number of hydrogen-bond donors (Lipinski definition) is 2. The van der Waals surface area contributed by atoms with Gasteiger partial charge in [0.05, 0.1) is 11.0 Å². The molecular weight excluding hydrogens is 312 g/mol. The van der Waals surface area contributed by atoms with Gasteiger partial charge in [0.1, 0.15) is 11.4 Å². The van der Waals surface area contributed by atoms with Gasteiger partial charge in [-0.1, -0.05) is 12.1 Å². The van der Waals surface area contributed by atoms with Gasteiger partial charge in [-0.25, -0.2) is 9.78 Å². The van der Waals surface area contributed by atoms with Crippen LogP contribution in [0.25, 0.3) is 11.0 Å². The molecule has 6 nitrogen and oxygen atoms in total. The molecule has 1 aromatic heterocycles. The molecule has 2 aromatic rings. The molecule has 0 unspecified atom stereocenters. The fraction of sp³-hybridized carbons (Fsp3) is 0.438. The molecule has 0 fully saturated rings. The third kappa shape index (κ3) is 4.66. The molecule has 2 rings (SSSR count). The van der Waals surface area contributed by atoms with Crippen molar-refractivity contribution >= 4 is 34.5 Å². The first kappa shape index (κ1) is 17.2. The minimum absolute atomic E-state index is 0.417. The van der Waals surface area contributed by atoms with E-state index in [1.807, 2.05) is 56.5 Å². The Morgan fingerprint density at radius 1 is 1.26 bits per heavy atom. The van der Waals surface area contributed by atoms with E-state index in [2.05, 4.69) is 15.6 Å². The van der Waals surface area contributed by atoms with Gasteiger partial charge in [0.15, 0.2) is 5.11 Å². The summed E-state index contributed by atoms with van der Waals surface area (Å²) in [4.78, 5) is 16.0. The molecule has 23 heavy (non-hydrogen) atoms. The maximum absolute atomic E-state index is 11.6. The van der Waals surface area contributed by atoms with E-state index in [9.17, 15) is 4.79 Å². The lowest BCUT2D eigenvalue weighted by atomic mass is 10.2. The molecule has 0 saturated heterocycles. The average molecular weight is 334 g/mol. The first-order chi connectivity index (χ1) is 10.8. The summed E-state index contributed by atoms with van der Waals surface area (Å²) in [5.41, 5.74) is 1.36. The van der Waals surface area contributed by atoms with Gasteiger partial charge in [-0.2, -0.15) is 0 Å². The van der Waals surface area contributed by atoms with Crippen LogP contribution in [0.3, 0.4) is 0 Å². The van der Waals surface area contributed by atoms with Crippen molar-refractivity contribution in [3.05, 3.63) is 30.1 Å². The summed E-state index contributed by atoms with van der Waals surface area (Å²) in [6, 6.07) is 7.82. The van der Waals surface area contributed by atoms with Crippen LogP contribution in [-0.4, -0.2) is 39.4 Å². The van der Waals surface area contributed by atoms with E-state index in [0.717, 1.165) is 16.9 Å². The molecule has 0 aliphatic carbocycles. The van der Waals surface area contributed by atoms with Crippen LogP contribution in [0.4, 0.5) is 4.79 Å². The fourth-order valence-corrected chi connectivity index (χ4v) is 2.46. The van der Waals surface area contributed by atoms with Gasteiger partial charge in [0.2, 0.25) is 0 Å². The smallest absolute Gasteiger partial charge is 0.407 e. The highest BCUT2D eigenvalue weighted by Crippen LogP contribution is 2.14. The van der Waals surface area contributed by atoms with E-state index >= 15 is 0 Å². The first-order valence-electron chi connectivity index (χ1n) is 7.47. The predicted molar refractivity (Wildman–Crippen MR) is 94.7 cm³/mol. The van der Waals surface area contributed by atoms with Crippen LogP contribution in [0.15, 0.2) is 24.3 Å². The molecule has 2 N–H and O–H groups in total. The number of carbonyl (C=O) groups excluding carboxylic acids is 1. The molecule has 1 heterocycles. The number of para-hydroxylation sites is 2. The van der Waals surface area contributed by atoms with Gasteiger partial charge in [-0.05, 0) is 52.0 Å². The summed E-state index contributed by atoms with van der Waals surface area (Å²) in [6.45, 7) is 8.31. The van der Waals surface area contributed by atoms with Crippen LogP contribution in [0.2, 0.25) is 0 Å². The quantitative estimate of drug-likeness (QED) is 0.667. The Morgan fingerprint density at radius 2 is 1.91 bits per heavy atom. The molecule has 124 valence electrons. The van der Waals surface area contributed by atoms with E-state index in [1.54, 1.807) is 0 Å². The Labute approximate surface area is 141 Å². The number of benzene rings is 1. The zero-order valence-corrected chi connectivity index (χ0v) is 14.7. The zero-order valence-electron chi connectivity index (χ0n) is 13.8. The van der Waals surface area contributed by atoms with Gasteiger partial charge in [-0.3, -0.25) is 4.57 Å². The van der Waals surface area contributed by atoms with Crippen molar-refractivity contribution in [2.45, 2.75) is 33.3 Å². The molecule has 0 atom stereocenters. The van der Waals surface area contributed by atoms with Crippen LogP contribution in [0, 0.1) is 6.92 Å². The Bertz CT molecular complexity index is 718. The number of nitrogens with one attached hydrogen (secondary N) is 2. The summed E-state index contributed by atoms with van der Waals surface area (Å²) in [5, 5.41) is 6.36. The molecule has 0 radical (unpaired) electrons. The van der Waals surface area contributed by atoms with E-state index in [-0.39, 0.29) is 0 Å². The van der Waals surface area contributed by atoms with Gasteiger partial charge in [0, 0.05) is 13.1 Å². The van der Waals surface area contributed by atoms with Gasteiger partial charge < -0.3 is 15.4 Å². The number of hydrogen-bond acceptors (Lipinski definition) is 4. The molecule has 0 bridgehead atoms. The molecule has 0 aliphatic rings. The number of amides is 1. The predicted octanol–water partition coefficient (Wildman–Crippen LogP) is 2.59. The van der Waals surface area contributed by atoms with E-state index in [1.165, 1.54) is 0 Å². The monoisotopic (exact) mass is 334 g/mol. The number of ether oxygens (including phenoxy) is 1. The summed E-state index contributed by atoms with van der Waals surface area (Å²) in [5.74, 6) is 0.823. The Kier molecular flexibility index (Phi) is 5.20. The lowest BCUT2D eigenvalue weighted by molar-refractivity contribution is 0.0529. The average Bonchev–Trinajstić information content (AvgIpc) is 2.77. The number of aryl methyl sites for hydroxylation is 1. The SMILES string of the molecule is Cc1nc2ccccc2n1C(=S)NCCNC(=O)OC(C)(C)C. The van der Waals surface area contributed by atoms with Crippen molar-refractivity contribution in [1.82, 2.24) is 20.2 Å². The van der Waals surface area contributed by atoms with Crippen LogP contribution >= 0.6 is 12.2 Å². The van der Waals surface area contributed by atoms with Gasteiger partial charge in [-0.15, -0.1) is 0 Å². The minimum atomic E-state index is -0.500. The maximum Gasteiger partial charge on any atom is 0.407 e. The number of carbonyl (C=O) groups is 1. The molecule has 1 aromatic carbocycles. The molecule has 0 saturated carbocycles. The summed E-state index contributed by atoms with van der Waals surface area (Å²) in [7, 11) is 0. The molecule has 0 spiro atoms. The highest BCUT2D eigenvalue weighted by molar-refractivity contribution is 7.80. The number of nitrogens with zero attached hydrogens (tertiary/aromatic N) is 2. The molecule has 1 amide bonds. The lowest BCUT2D eigenvalue weighted by Crippen LogP contribution is -2.39. The van der Waals surface area contributed by atoms with Gasteiger partial charge >= 0.3 is 6.09 Å². The normalized spacial score (nSPS) is 11.3. The second-order valence-corrected chi connectivity index (χ2v) is 6.53. The molecule has 0 aliphatic heterocycles. The maximum atomic E-state index is 11.6. The third-order valence-electron chi connectivity index (χ3n) is 3.00. The van der Waals surface area contributed by atoms with E-state index < -0.39 is 11.7 Å². The standard InChI is InChI=1S/C16H22N4O2S/c1-11-19-12-7-5-6-8-13(12)20(11)14(23)17-9-10-18-15(21)22-16(2,3)4/h5-8H,9-10H2,1-4H3,(H,17,23)(H,18,21). The molecule has 7 heteroatoms. The van der Waals surface area contributed by atoms with E-state index in [4.69, 9.17) is 17.0 Å². The van der Waals surface area contributed by atoms with Crippen molar-refractivity contribution in [3.8, 4) is 0 Å². The summed E-state index contributed by atoms with van der Waals surface area (Å²) < 4.78 is 7.05. The Hall–Kier alpha value is -2.15. The van der Waals surface area contributed by atoms with Crippen LogP contribution in [0.1, 0.15) is 26.6 Å². The highest BCUT2D eigenvalue weighted by atomic mass is 32.1. The second kappa shape index (κ2) is 6.95. The number of rotatable bonds is 3. The van der Waals surface area contributed by atoms with Crippen LogP contribution in [0.5, 0.6) is 0 Å². The summed E-state index contributed by atoms with van der Waals surface area (Å²) >= 11 is 5.42. The number of thiocarbonyl (C=S) groups is 1. The lowest BCUT2D eigenvalue weighted by Gasteiger charge is -2.19. The van der Waals surface area contributed by atoms with Crippen molar-refractivity contribution in [3.63, 3.8) is 0 Å². The Balaban J connectivity index is 1.88. The Morgan fingerprint density at radius 3 is 2.61 bits per heavy atom. The highest BCUT2D eigenvalue weighted by Gasteiger charge is 2.15. The molecular formula is C16H22N4O2S. The van der Waals surface area contributed by atoms with Crippen molar-refractivity contribution in [1.29, 1.82) is 0 Å². The number of fused-ring (bicyclic) bond motifs is 1. The zero-order chi connectivity index (χ0) is 17.0. The van der Waals surface area contributed by atoms with Crippen molar-refractivity contribution in [2.24, 2.45) is 0 Å². The first-order valence-corrected chi connectivity index (χ1v) is 7.88. The number of alkyl carbamates (subject to hydrolysis) is 1. The third-order valence-corrected chi connectivity index (χ3v) is 3.33. The van der Waals surface area contributed by atoms with Crippen LogP contribution in [-0.2, 0) is 4.74 Å². The van der Waals surface area contributed by atoms with Crippen LogP contribution < -0.4 is 10.6 Å². The van der Waals surface area contributed by atoms with E-state index in [0.29, 0.717) is 18.2 Å². The number of aromatic nitrogens is 2. The minimum Gasteiger partial charge on any atom is -0.444 e. The summed E-state index contributed by atoms with van der Waals surface area (Å²) in [6.07, 6.45) is -0.436.